The fourth-order valence-electron chi connectivity index (χ4n) is 4.11. The standard InChI is InChI=1S/C19H24N6O/c1-19(2)6-13-12(16-15(19)18(20)24-10-23-16)4-5-14(26)17(13)25(3)8-11-7-21-9-22-11/h4-5,7,9,23,26H,6,8,10H2,1-3H3,(H2,20,24)(H,21,22). The third kappa shape index (κ3) is 2.51. The summed E-state index contributed by atoms with van der Waals surface area (Å²) in [4.78, 5) is 13.6. The summed E-state index contributed by atoms with van der Waals surface area (Å²) in [5.74, 6) is 0.887. The summed E-state index contributed by atoms with van der Waals surface area (Å²) >= 11 is 0. The molecule has 7 heteroatoms. The van der Waals surface area contributed by atoms with E-state index < -0.39 is 0 Å². The number of aromatic nitrogens is 2. The molecule has 5 N–H and O–H groups in total. The van der Waals surface area contributed by atoms with Gasteiger partial charge in [-0.25, -0.2) is 9.98 Å². The van der Waals surface area contributed by atoms with Crippen molar-refractivity contribution in [2.45, 2.75) is 26.8 Å². The Morgan fingerprint density at radius 3 is 2.88 bits per heavy atom. The number of phenolic OH excluding ortho intramolecular Hbond substituents is 1. The van der Waals surface area contributed by atoms with Crippen LogP contribution in [0.2, 0.25) is 0 Å². The van der Waals surface area contributed by atoms with Crippen LogP contribution >= 0.6 is 0 Å². The molecular formula is C19H24N6O. The number of fused-ring (bicyclic) bond motifs is 2. The Morgan fingerprint density at radius 2 is 2.15 bits per heavy atom. The average Bonchev–Trinajstić information content (AvgIpc) is 3.06. The molecular weight excluding hydrogens is 328 g/mol. The van der Waals surface area contributed by atoms with E-state index in [1.165, 1.54) is 0 Å². The zero-order chi connectivity index (χ0) is 18.5. The molecule has 1 aliphatic heterocycles. The van der Waals surface area contributed by atoms with Crippen molar-refractivity contribution in [1.82, 2.24) is 15.3 Å². The van der Waals surface area contributed by atoms with Gasteiger partial charge in [-0.1, -0.05) is 13.8 Å². The van der Waals surface area contributed by atoms with Crippen LogP contribution in [0.15, 0.2) is 35.2 Å². The first-order valence-corrected chi connectivity index (χ1v) is 8.71. The number of amidine groups is 1. The number of aromatic amines is 1. The van der Waals surface area contributed by atoms with Crippen molar-refractivity contribution in [2.24, 2.45) is 16.1 Å². The smallest absolute Gasteiger partial charge is 0.139 e. The van der Waals surface area contributed by atoms with E-state index in [4.69, 9.17) is 5.73 Å². The normalized spacial score (nSPS) is 17.9. The van der Waals surface area contributed by atoms with E-state index in [2.05, 4.69) is 39.0 Å². The highest BCUT2D eigenvalue weighted by molar-refractivity contribution is 6.07. The maximum atomic E-state index is 10.6. The van der Waals surface area contributed by atoms with E-state index in [0.29, 0.717) is 19.0 Å². The summed E-state index contributed by atoms with van der Waals surface area (Å²) in [5, 5.41) is 14.0. The second kappa shape index (κ2) is 5.79. The first kappa shape index (κ1) is 16.5. The van der Waals surface area contributed by atoms with Crippen LogP contribution < -0.4 is 16.0 Å². The maximum Gasteiger partial charge on any atom is 0.139 e. The Labute approximate surface area is 152 Å². The molecule has 0 saturated heterocycles. The minimum Gasteiger partial charge on any atom is -0.506 e. The van der Waals surface area contributed by atoms with Crippen LogP contribution in [0, 0.1) is 5.41 Å². The average molecular weight is 352 g/mol. The summed E-state index contributed by atoms with van der Waals surface area (Å²) in [6, 6.07) is 3.72. The van der Waals surface area contributed by atoms with Crippen molar-refractivity contribution < 1.29 is 5.11 Å². The van der Waals surface area contributed by atoms with E-state index in [1.807, 2.05) is 13.1 Å². The van der Waals surface area contributed by atoms with E-state index in [0.717, 1.165) is 40.2 Å². The molecule has 0 unspecified atom stereocenters. The lowest BCUT2D eigenvalue weighted by Crippen LogP contribution is -2.40. The second-order valence-electron chi connectivity index (χ2n) is 7.58. The highest BCUT2D eigenvalue weighted by Crippen LogP contribution is 2.47. The summed E-state index contributed by atoms with van der Waals surface area (Å²) in [7, 11) is 1.98. The molecule has 0 radical (unpaired) electrons. The Morgan fingerprint density at radius 1 is 1.35 bits per heavy atom. The minimum absolute atomic E-state index is 0.180. The molecule has 0 fully saturated rings. The monoisotopic (exact) mass is 352 g/mol. The number of nitrogens with zero attached hydrogens (tertiary/aromatic N) is 3. The molecule has 136 valence electrons. The van der Waals surface area contributed by atoms with Gasteiger partial charge in [0.25, 0.3) is 0 Å². The summed E-state index contributed by atoms with van der Waals surface area (Å²) in [5.41, 5.74) is 12.2. The number of benzene rings is 1. The third-order valence-electron chi connectivity index (χ3n) is 5.18. The molecule has 1 aromatic heterocycles. The van der Waals surface area contributed by atoms with Crippen molar-refractivity contribution in [3.8, 4) is 5.75 Å². The summed E-state index contributed by atoms with van der Waals surface area (Å²) in [6.07, 6.45) is 4.24. The zero-order valence-corrected chi connectivity index (χ0v) is 15.3. The quantitative estimate of drug-likeness (QED) is 0.676. The maximum absolute atomic E-state index is 10.6. The van der Waals surface area contributed by atoms with Gasteiger partial charge in [-0.15, -0.1) is 0 Å². The van der Waals surface area contributed by atoms with Gasteiger partial charge >= 0.3 is 0 Å². The molecule has 0 atom stereocenters. The molecule has 2 aromatic rings. The molecule has 0 saturated carbocycles. The molecule has 1 aromatic carbocycles. The van der Waals surface area contributed by atoms with Crippen molar-refractivity contribution in [2.75, 3.05) is 18.6 Å². The second-order valence-corrected chi connectivity index (χ2v) is 7.58. The molecule has 0 spiro atoms. The molecule has 4 rings (SSSR count). The van der Waals surface area contributed by atoms with Crippen LogP contribution in [0.5, 0.6) is 5.75 Å². The number of rotatable bonds is 3. The largest absolute Gasteiger partial charge is 0.506 e. The molecule has 26 heavy (non-hydrogen) atoms. The van der Waals surface area contributed by atoms with Crippen LogP contribution in [-0.2, 0) is 13.0 Å². The lowest BCUT2D eigenvalue weighted by molar-refractivity contribution is 0.443. The van der Waals surface area contributed by atoms with Gasteiger partial charge in [-0.3, -0.25) is 0 Å². The Balaban J connectivity index is 1.85. The number of aliphatic imine (C=N–C) groups is 1. The minimum atomic E-state index is -0.180. The number of hydrogen-bond acceptors (Lipinski definition) is 6. The van der Waals surface area contributed by atoms with Crippen LogP contribution in [0.4, 0.5) is 5.69 Å². The fourth-order valence-corrected chi connectivity index (χ4v) is 4.11. The molecule has 0 bridgehead atoms. The van der Waals surface area contributed by atoms with Gasteiger partial charge in [-0.2, -0.15) is 0 Å². The number of hydrogen-bond donors (Lipinski definition) is 4. The molecule has 0 amide bonds. The molecule has 1 aliphatic carbocycles. The fraction of sp³-hybridized carbons (Fsp3) is 0.368. The van der Waals surface area contributed by atoms with Crippen molar-refractivity contribution in [1.29, 1.82) is 0 Å². The van der Waals surface area contributed by atoms with E-state index >= 15 is 0 Å². The Bertz CT molecular complexity index is 910. The van der Waals surface area contributed by atoms with Gasteiger partial charge in [0.1, 0.15) is 18.3 Å². The third-order valence-corrected chi connectivity index (χ3v) is 5.18. The van der Waals surface area contributed by atoms with Crippen molar-refractivity contribution in [3.05, 3.63) is 47.1 Å². The first-order chi connectivity index (χ1) is 12.4. The van der Waals surface area contributed by atoms with Crippen LogP contribution in [0.1, 0.15) is 30.7 Å². The highest BCUT2D eigenvalue weighted by Gasteiger charge is 2.38. The predicted octanol–water partition coefficient (Wildman–Crippen LogP) is 1.96. The van der Waals surface area contributed by atoms with Crippen LogP contribution in [0.3, 0.4) is 0 Å². The lowest BCUT2D eigenvalue weighted by Gasteiger charge is -2.40. The number of nitrogens with two attached hydrogens (primary N) is 1. The van der Waals surface area contributed by atoms with Gasteiger partial charge in [0, 0.05) is 24.4 Å². The van der Waals surface area contributed by atoms with Gasteiger partial charge < -0.3 is 26.0 Å². The van der Waals surface area contributed by atoms with Gasteiger partial charge in [-0.05, 0) is 29.5 Å². The predicted molar refractivity (Wildman–Crippen MR) is 103 cm³/mol. The lowest BCUT2D eigenvalue weighted by atomic mass is 9.70. The topological polar surface area (TPSA) is 103 Å². The SMILES string of the molecule is CN(Cc1cnc[nH]1)c1c(O)ccc2c1CC(C)(C)C1=C2NCN=C1N. The first-order valence-electron chi connectivity index (χ1n) is 8.71. The molecule has 7 nitrogen and oxygen atoms in total. The Hall–Kier alpha value is -2.96. The Kier molecular flexibility index (Phi) is 3.68. The van der Waals surface area contributed by atoms with E-state index in [1.54, 1.807) is 18.6 Å². The summed E-state index contributed by atoms with van der Waals surface area (Å²) < 4.78 is 0. The summed E-state index contributed by atoms with van der Waals surface area (Å²) in [6.45, 7) is 5.44. The van der Waals surface area contributed by atoms with Crippen molar-refractivity contribution >= 4 is 17.2 Å². The number of H-pyrrole nitrogens is 1. The highest BCUT2D eigenvalue weighted by atomic mass is 16.3. The molecule has 2 aliphatic rings. The number of imidazole rings is 1. The number of phenols is 1. The number of anilines is 1. The van der Waals surface area contributed by atoms with Crippen molar-refractivity contribution in [3.63, 3.8) is 0 Å². The number of aromatic hydroxyl groups is 1. The van der Waals surface area contributed by atoms with Gasteiger partial charge in [0.2, 0.25) is 0 Å². The van der Waals surface area contributed by atoms with E-state index in [9.17, 15) is 5.11 Å². The van der Waals surface area contributed by atoms with Crippen LogP contribution in [0.25, 0.3) is 5.70 Å². The van der Waals surface area contributed by atoms with E-state index in [-0.39, 0.29) is 11.2 Å². The number of nitrogens with one attached hydrogen (secondary N) is 2. The zero-order valence-electron chi connectivity index (χ0n) is 15.3. The molecule has 2 heterocycles. The van der Waals surface area contributed by atoms with Crippen LogP contribution in [-0.4, -0.2) is 34.6 Å². The van der Waals surface area contributed by atoms with Gasteiger partial charge in [0.15, 0.2) is 0 Å². The van der Waals surface area contributed by atoms with Gasteiger partial charge in [0.05, 0.1) is 30.0 Å².